The van der Waals surface area contributed by atoms with Crippen LogP contribution in [-0.2, 0) is 5.60 Å². The van der Waals surface area contributed by atoms with Gasteiger partial charge in [0.1, 0.15) is 5.60 Å². The predicted molar refractivity (Wildman–Crippen MR) is 50.2 cm³/mol. The molecular formula is C10H14N2O. The van der Waals surface area contributed by atoms with Crippen molar-refractivity contribution < 1.29 is 5.11 Å². The Kier molecular flexibility index (Phi) is 2.06. The van der Waals surface area contributed by atoms with Gasteiger partial charge >= 0.3 is 0 Å². The summed E-state index contributed by atoms with van der Waals surface area (Å²) >= 11 is 0. The normalized spacial score (nSPS) is 29.4. The number of pyridine rings is 1. The van der Waals surface area contributed by atoms with Gasteiger partial charge in [-0.25, -0.2) is 0 Å². The molecule has 1 aromatic rings. The molecule has 2 heterocycles. The maximum absolute atomic E-state index is 10.3. The summed E-state index contributed by atoms with van der Waals surface area (Å²) in [5, 5.41) is 10.3. The summed E-state index contributed by atoms with van der Waals surface area (Å²) in [5.74, 6) is 0. The Morgan fingerprint density at radius 3 is 2.69 bits per heavy atom. The van der Waals surface area contributed by atoms with Gasteiger partial charge < -0.3 is 10.0 Å². The second kappa shape index (κ2) is 3.09. The number of likely N-dealkylation sites (tertiary alicyclic amines) is 1. The van der Waals surface area contributed by atoms with E-state index in [4.69, 9.17) is 0 Å². The van der Waals surface area contributed by atoms with Crippen LogP contribution in [0.3, 0.4) is 0 Å². The van der Waals surface area contributed by atoms with Crippen molar-refractivity contribution in [2.75, 3.05) is 20.1 Å². The fraction of sp³-hybridized carbons (Fsp3) is 0.500. The predicted octanol–water partition coefficient (Wildman–Crippen LogP) is 0.605. The Balaban J connectivity index is 2.26. The van der Waals surface area contributed by atoms with Gasteiger partial charge in [0.25, 0.3) is 0 Å². The summed E-state index contributed by atoms with van der Waals surface area (Å²) < 4.78 is 0. The number of aliphatic hydroxyl groups is 1. The van der Waals surface area contributed by atoms with Crippen LogP contribution in [0.25, 0.3) is 0 Å². The monoisotopic (exact) mass is 178 g/mol. The Hall–Kier alpha value is -0.930. The summed E-state index contributed by atoms with van der Waals surface area (Å²) in [4.78, 5) is 6.08. The Bertz CT molecular complexity index is 288. The molecule has 1 fully saturated rings. The summed E-state index contributed by atoms with van der Waals surface area (Å²) in [7, 11) is 2.03. The molecule has 0 radical (unpaired) electrons. The maximum Gasteiger partial charge on any atom is 0.104 e. The van der Waals surface area contributed by atoms with Crippen molar-refractivity contribution in [2.45, 2.75) is 12.0 Å². The van der Waals surface area contributed by atoms with Gasteiger partial charge in [0, 0.05) is 25.5 Å². The average Bonchev–Trinajstić information content (AvgIpc) is 2.49. The van der Waals surface area contributed by atoms with Gasteiger partial charge in [-0.3, -0.25) is 4.98 Å². The number of hydrogen-bond acceptors (Lipinski definition) is 3. The van der Waals surface area contributed by atoms with E-state index in [-0.39, 0.29) is 0 Å². The van der Waals surface area contributed by atoms with Gasteiger partial charge in [0.05, 0.1) is 0 Å². The van der Waals surface area contributed by atoms with E-state index in [2.05, 4.69) is 9.88 Å². The van der Waals surface area contributed by atoms with Crippen LogP contribution in [0, 0.1) is 0 Å². The van der Waals surface area contributed by atoms with Crippen LogP contribution in [-0.4, -0.2) is 35.1 Å². The van der Waals surface area contributed by atoms with Crippen LogP contribution >= 0.6 is 0 Å². The summed E-state index contributed by atoms with van der Waals surface area (Å²) in [6, 6.07) is 3.78. The van der Waals surface area contributed by atoms with Crippen LogP contribution in [0.4, 0.5) is 0 Å². The van der Waals surface area contributed by atoms with Crippen molar-refractivity contribution in [1.82, 2.24) is 9.88 Å². The minimum absolute atomic E-state index is 0.655. The van der Waals surface area contributed by atoms with Gasteiger partial charge in [0.15, 0.2) is 0 Å². The van der Waals surface area contributed by atoms with Crippen molar-refractivity contribution >= 4 is 0 Å². The van der Waals surface area contributed by atoms with E-state index in [0.717, 1.165) is 25.1 Å². The number of hydrogen-bond donors (Lipinski definition) is 1. The van der Waals surface area contributed by atoms with E-state index in [1.54, 1.807) is 12.4 Å². The first kappa shape index (κ1) is 8.66. The first-order valence-electron chi connectivity index (χ1n) is 4.52. The SMILES string of the molecule is CN1CCC(O)(c2ccncc2)C1. The van der Waals surface area contributed by atoms with Gasteiger partial charge in [-0.2, -0.15) is 0 Å². The molecule has 70 valence electrons. The first-order valence-corrected chi connectivity index (χ1v) is 4.52. The van der Waals surface area contributed by atoms with Crippen molar-refractivity contribution in [1.29, 1.82) is 0 Å². The standard InChI is InChI=1S/C10H14N2O/c1-12-7-4-10(13,8-12)9-2-5-11-6-3-9/h2-3,5-6,13H,4,7-8H2,1H3. The fourth-order valence-electron chi connectivity index (χ4n) is 1.88. The number of aromatic nitrogens is 1. The van der Waals surface area contributed by atoms with E-state index in [9.17, 15) is 5.11 Å². The summed E-state index contributed by atoms with van der Waals surface area (Å²) in [6.45, 7) is 1.68. The molecule has 2 rings (SSSR count). The molecule has 0 bridgehead atoms. The van der Waals surface area contributed by atoms with Crippen LogP contribution in [0.1, 0.15) is 12.0 Å². The van der Waals surface area contributed by atoms with Crippen molar-refractivity contribution in [3.63, 3.8) is 0 Å². The van der Waals surface area contributed by atoms with Gasteiger partial charge in [-0.1, -0.05) is 0 Å². The minimum Gasteiger partial charge on any atom is -0.384 e. The third-order valence-electron chi connectivity index (χ3n) is 2.66. The molecule has 1 atom stereocenters. The fourth-order valence-corrected chi connectivity index (χ4v) is 1.88. The van der Waals surface area contributed by atoms with Crippen LogP contribution in [0.2, 0.25) is 0 Å². The van der Waals surface area contributed by atoms with Crippen molar-refractivity contribution in [3.8, 4) is 0 Å². The third kappa shape index (κ3) is 1.57. The van der Waals surface area contributed by atoms with E-state index >= 15 is 0 Å². The van der Waals surface area contributed by atoms with Crippen LogP contribution < -0.4 is 0 Å². The lowest BCUT2D eigenvalue weighted by atomic mass is 9.94. The molecular weight excluding hydrogens is 164 g/mol. The third-order valence-corrected chi connectivity index (χ3v) is 2.66. The van der Waals surface area contributed by atoms with Gasteiger partial charge in [-0.15, -0.1) is 0 Å². The molecule has 1 aliphatic heterocycles. The zero-order valence-electron chi connectivity index (χ0n) is 7.77. The van der Waals surface area contributed by atoms with Gasteiger partial charge in [0.2, 0.25) is 0 Å². The molecule has 0 aromatic carbocycles. The Labute approximate surface area is 78.0 Å². The second-order valence-corrected chi connectivity index (χ2v) is 3.76. The molecule has 0 saturated carbocycles. The van der Waals surface area contributed by atoms with E-state index in [1.807, 2.05) is 19.2 Å². The van der Waals surface area contributed by atoms with Crippen LogP contribution in [0.5, 0.6) is 0 Å². The highest BCUT2D eigenvalue weighted by Crippen LogP contribution is 2.30. The van der Waals surface area contributed by atoms with Crippen LogP contribution in [0.15, 0.2) is 24.5 Å². The second-order valence-electron chi connectivity index (χ2n) is 3.76. The minimum atomic E-state index is -0.655. The smallest absolute Gasteiger partial charge is 0.104 e. The van der Waals surface area contributed by atoms with E-state index in [1.165, 1.54) is 0 Å². The molecule has 13 heavy (non-hydrogen) atoms. The summed E-state index contributed by atoms with van der Waals surface area (Å²) in [5.41, 5.74) is 0.323. The Morgan fingerprint density at radius 2 is 2.15 bits per heavy atom. The van der Waals surface area contributed by atoms with Crippen molar-refractivity contribution in [2.24, 2.45) is 0 Å². The van der Waals surface area contributed by atoms with E-state index < -0.39 is 5.60 Å². The topological polar surface area (TPSA) is 36.4 Å². The first-order chi connectivity index (χ1) is 6.21. The molecule has 0 amide bonds. The lowest BCUT2D eigenvalue weighted by Gasteiger charge is -2.22. The molecule has 3 nitrogen and oxygen atoms in total. The highest BCUT2D eigenvalue weighted by molar-refractivity contribution is 5.21. The molecule has 3 heteroatoms. The average molecular weight is 178 g/mol. The molecule has 1 aromatic heterocycles. The summed E-state index contributed by atoms with van der Waals surface area (Å²) in [6.07, 6.45) is 4.27. The van der Waals surface area contributed by atoms with Gasteiger partial charge in [-0.05, 0) is 31.2 Å². The molecule has 1 unspecified atom stereocenters. The highest BCUT2D eigenvalue weighted by Gasteiger charge is 2.35. The zero-order chi connectivity index (χ0) is 9.31. The Morgan fingerprint density at radius 1 is 1.46 bits per heavy atom. The molecule has 1 saturated heterocycles. The van der Waals surface area contributed by atoms with Crippen molar-refractivity contribution in [3.05, 3.63) is 30.1 Å². The molecule has 1 N–H and O–H groups in total. The lowest BCUT2D eigenvalue weighted by molar-refractivity contribution is 0.0488. The van der Waals surface area contributed by atoms with E-state index in [0.29, 0.717) is 0 Å². The lowest BCUT2D eigenvalue weighted by Crippen LogP contribution is -2.29. The molecule has 1 aliphatic rings. The zero-order valence-corrected chi connectivity index (χ0v) is 7.77. The molecule has 0 aliphatic carbocycles. The quantitative estimate of drug-likeness (QED) is 0.684. The highest BCUT2D eigenvalue weighted by atomic mass is 16.3. The number of β-amino-alcohol motifs (C(OH)–C–C–N with tert-alkyl or cyclic N) is 1. The molecule has 0 spiro atoms. The number of nitrogens with zero attached hydrogens (tertiary/aromatic N) is 2. The maximum atomic E-state index is 10.3. The number of rotatable bonds is 1. The number of likely N-dealkylation sites (N-methyl/N-ethyl adjacent to an activating group) is 1. The largest absolute Gasteiger partial charge is 0.384 e.